The van der Waals surface area contributed by atoms with E-state index < -0.39 is 0 Å². The maximum absolute atomic E-state index is 5.13. The Labute approximate surface area is 105 Å². The lowest BCUT2D eigenvalue weighted by Crippen LogP contribution is -2.17. The van der Waals surface area contributed by atoms with E-state index in [1.807, 2.05) is 12.1 Å². The fourth-order valence-corrected chi connectivity index (χ4v) is 2.17. The van der Waals surface area contributed by atoms with Crippen molar-refractivity contribution in [2.75, 3.05) is 12.4 Å². The molecule has 1 N–H and O–H groups in total. The summed E-state index contributed by atoms with van der Waals surface area (Å²) in [6, 6.07) is 8.45. The van der Waals surface area contributed by atoms with Crippen molar-refractivity contribution in [3.63, 3.8) is 0 Å². The van der Waals surface area contributed by atoms with E-state index in [2.05, 4.69) is 34.6 Å². The minimum absolute atomic E-state index is 0.330. The van der Waals surface area contributed by atoms with Gasteiger partial charge in [0.1, 0.15) is 11.3 Å². The molecular weight excluding hydrogens is 234 g/mol. The number of ether oxygens (including phenoxy) is 1. The fourth-order valence-electron chi connectivity index (χ4n) is 1.61. The van der Waals surface area contributed by atoms with E-state index in [9.17, 15) is 0 Å². The van der Waals surface area contributed by atoms with Crippen molar-refractivity contribution in [2.24, 2.45) is 0 Å². The van der Waals surface area contributed by atoms with Gasteiger partial charge in [0.05, 0.1) is 7.11 Å². The second kappa shape index (κ2) is 5.63. The average Bonchev–Trinajstić information content (AvgIpc) is 2.82. The molecule has 0 spiro atoms. The van der Waals surface area contributed by atoms with Gasteiger partial charge in [-0.2, -0.15) is 0 Å². The van der Waals surface area contributed by atoms with Crippen molar-refractivity contribution in [2.45, 2.75) is 19.4 Å². The number of nitrogens with zero attached hydrogens (tertiary/aromatic N) is 2. The van der Waals surface area contributed by atoms with E-state index in [4.69, 9.17) is 4.74 Å². The van der Waals surface area contributed by atoms with Crippen LogP contribution in [-0.2, 0) is 6.42 Å². The van der Waals surface area contributed by atoms with Crippen LogP contribution >= 0.6 is 11.3 Å². The summed E-state index contributed by atoms with van der Waals surface area (Å²) in [6.07, 6.45) is 0.948. The standard InChI is InChI=1S/C12H15N3OS/c1-9(14-12-15-13-8-17-12)7-10-3-5-11(16-2)6-4-10/h3-6,8-9H,7H2,1-2H3,(H,14,15). The Morgan fingerprint density at radius 2 is 2.12 bits per heavy atom. The molecule has 0 bridgehead atoms. The molecule has 90 valence electrons. The number of hydrogen-bond acceptors (Lipinski definition) is 5. The molecule has 1 heterocycles. The Morgan fingerprint density at radius 3 is 2.71 bits per heavy atom. The van der Waals surface area contributed by atoms with E-state index >= 15 is 0 Å². The maximum atomic E-state index is 5.13. The molecular formula is C12H15N3OS. The highest BCUT2D eigenvalue weighted by atomic mass is 32.1. The topological polar surface area (TPSA) is 47.0 Å². The van der Waals surface area contributed by atoms with Gasteiger partial charge in [-0.25, -0.2) is 0 Å². The summed E-state index contributed by atoms with van der Waals surface area (Å²) in [7, 11) is 1.68. The summed E-state index contributed by atoms with van der Waals surface area (Å²) in [5.74, 6) is 0.887. The van der Waals surface area contributed by atoms with Gasteiger partial charge in [-0.1, -0.05) is 23.5 Å². The van der Waals surface area contributed by atoms with Gasteiger partial charge in [-0.3, -0.25) is 0 Å². The van der Waals surface area contributed by atoms with Crippen molar-refractivity contribution in [1.29, 1.82) is 0 Å². The van der Waals surface area contributed by atoms with Crippen LogP contribution in [0, 0.1) is 0 Å². The molecule has 0 saturated carbocycles. The molecule has 17 heavy (non-hydrogen) atoms. The fraction of sp³-hybridized carbons (Fsp3) is 0.333. The molecule has 1 aromatic carbocycles. The van der Waals surface area contributed by atoms with Crippen LogP contribution in [-0.4, -0.2) is 23.3 Å². The van der Waals surface area contributed by atoms with E-state index in [-0.39, 0.29) is 0 Å². The highest BCUT2D eigenvalue weighted by Gasteiger charge is 2.05. The number of hydrogen-bond donors (Lipinski definition) is 1. The molecule has 0 amide bonds. The van der Waals surface area contributed by atoms with E-state index in [0.29, 0.717) is 6.04 Å². The monoisotopic (exact) mass is 249 g/mol. The van der Waals surface area contributed by atoms with Crippen molar-refractivity contribution < 1.29 is 4.74 Å². The Balaban J connectivity index is 1.91. The highest BCUT2D eigenvalue weighted by molar-refractivity contribution is 7.13. The lowest BCUT2D eigenvalue weighted by Gasteiger charge is -2.12. The summed E-state index contributed by atoms with van der Waals surface area (Å²) >= 11 is 1.51. The molecule has 1 aromatic heterocycles. The van der Waals surface area contributed by atoms with Crippen molar-refractivity contribution in [1.82, 2.24) is 10.2 Å². The van der Waals surface area contributed by atoms with Gasteiger partial charge in [0.2, 0.25) is 5.13 Å². The molecule has 4 nitrogen and oxygen atoms in total. The van der Waals surface area contributed by atoms with Gasteiger partial charge < -0.3 is 10.1 Å². The number of aromatic nitrogens is 2. The Bertz CT molecular complexity index is 441. The number of anilines is 1. The predicted molar refractivity (Wildman–Crippen MR) is 69.7 cm³/mol. The van der Waals surface area contributed by atoms with Crippen molar-refractivity contribution in [3.8, 4) is 5.75 Å². The molecule has 0 radical (unpaired) electrons. The summed E-state index contributed by atoms with van der Waals surface area (Å²) in [5.41, 5.74) is 3.00. The second-order valence-corrected chi connectivity index (χ2v) is 4.67. The first kappa shape index (κ1) is 11.9. The van der Waals surface area contributed by atoms with Crippen molar-refractivity contribution in [3.05, 3.63) is 35.3 Å². The molecule has 5 heteroatoms. The third kappa shape index (κ3) is 3.42. The van der Waals surface area contributed by atoms with Gasteiger partial charge in [0, 0.05) is 6.04 Å². The average molecular weight is 249 g/mol. The zero-order valence-corrected chi connectivity index (χ0v) is 10.7. The van der Waals surface area contributed by atoms with Gasteiger partial charge in [-0.15, -0.1) is 10.2 Å². The van der Waals surface area contributed by atoms with E-state index in [1.165, 1.54) is 16.9 Å². The van der Waals surface area contributed by atoms with Crippen LogP contribution in [0.2, 0.25) is 0 Å². The first-order valence-corrected chi connectivity index (χ1v) is 6.31. The Kier molecular flexibility index (Phi) is 3.93. The number of methoxy groups -OCH3 is 1. The third-order valence-electron chi connectivity index (χ3n) is 2.43. The van der Waals surface area contributed by atoms with Crippen LogP contribution in [0.1, 0.15) is 12.5 Å². The lowest BCUT2D eigenvalue weighted by atomic mass is 10.1. The van der Waals surface area contributed by atoms with Gasteiger partial charge in [0.25, 0.3) is 0 Å². The molecule has 1 unspecified atom stereocenters. The molecule has 0 aliphatic carbocycles. The predicted octanol–water partition coefficient (Wildman–Crippen LogP) is 2.59. The lowest BCUT2D eigenvalue weighted by molar-refractivity contribution is 0.414. The van der Waals surface area contributed by atoms with Crippen molar-refractivity contribution >= 4 is 16.5 Å². The first-order valence-electron chi connectivity index (χ1n) is 5.43. The summed E-state index contributed by atoms with van der Waals surface area (Å²) in [6.45, 7) is 2.13. The number of nitrogens with one attached hydrogen (secondary N) is 1. The SMILES string of the molecule is COc1ccc(CC(C)Nc2nncs2)cc1. The quantitative estimate of drug-likeness (QED) is 0.884. The van der Waals surface area contributed by atoms with Crippen LogP contribution in [0.3, 0.4) is 0 Å². The first-order chi connectivity index (χ1) is 8.28. The highest BCUT2D eigenvalue weighted by Crippen LogP contribution is 2.15. The Morgan fingerprint density at radius 1 is 1.35 bits per heavy atom. The second-order valence-electron chi connectivity index (χ2n) is 3.84. The zero-order valence-electron chi connectivity index (χ0n) is 9.88. The van der Waals surface area contributed by atoms with Gasteiger partial charge in [0.15, 0.2) is 0 Å². The maximum Gasteiger partial charge on any atom is 0.205 e. The van der Waals surface area contributed by atoms with Gasteiger partial charge in [-0.05, 0) is 31.0 Å². The van der Waals surface area contributed by atoms with Crippen LogP contribution in [0.5, 0.6) is 5.75 Å². The molecule has 2 rings (SSSR count). The third-order valence-corrected chi connectivity index (χ3v) is 3.05. The molecule has 0 saturated heterocycles. The van der Waals surface area contributed by atoms with Crippen LogP contribution < -0.4 is 10.1 Å². The molecule has 0 fully saturated rings. The molecule has 0 aliphatic heterocycles. The van der Waals surface area contributed by atoms with Crippen LogP contribution in [0.15, 0.2) is 29.8 Å². The number of benzene rings is 1. The van der Waals surface area contributed by atoms with E-state index in [0.717, 1.165) is 17.3 Å². The molecule has 2 aromatic rings. The number of rotatable bonds is 5. The summed E-state index contributed by atoms with van der Waals surface area (Å²) in [5, 5.41) is 11.9. The zero-order chi connectivity index (χ0) is 12.1. The minimum Gasteiger partial charge on any atom is -0.497 e. The van der Waals surface area contributed by atoms with E-state index in [1.54, 1.807) is 12.6 Å². The Hall–Kier alpha value is -1.62. The molecule has 0 aliphatic rings. The summed E-state index contributed by atoms with van der Waals surface area (Å²) < 4.78 is 5.13. The van der Waals surface area contributed by atoms with Crippen LogP contribution in [0.4, 0.5) is 5.13 Å². The normalized spacial score (nSPS) is 12.1. The largest absolute Gasteiger partial charge is 0.497 e. The molecule has 1 atom stereocenters. The van der Waals surface area contributed by atoms with Crippen LogP contribution in [0.25, 0.3) is 0 Å². The summed E-state index contributed by atoms with van der Waals surface area (Å²) in [4.78, 5) is 0. The van der Waals surface area contributed by atoms with Gasteiger partial charge >= 0.3 is 0 Å². The smallest absolute Gasteiger partial charge is 0.205 e. The minimum atomic E-state index is 0.330.